The minimum Gasteiger partial charge on any atom is -0.372 e. The van der Waals surface area contributed by atoms with E-state index in [1.165, 1.54) is 139 Å². The van der Waals surface area contributed by atoms with Gasteiger partial charge in [-0.2, -0.15) is 0 Å². The molecule has 8 atom stereocenters. The molecule has 0 saturated carbocycles. The van der Waals surface area contributed by atoms with Crippen molar-refractivity contribution < 1.29 is 0 Å². The number of nitrogens with zero attached hydrogens (tertiary/aromatic N) is 11. The third-order valence-electron chi connectivity index (χ3n) is 29.9. The highest BCUT2D eigenvalue weighted by atomic mass is 15.2. The first-order chi connectivity index (χ1) is 67.3. The molecule has 10 rings (SSSR count). The van der Waals surface area contributed by atoms with Gasteiger partial charge in [0.05, 0.1) is 0 Å². The fraction of sp³-hybridized carbons (Fsp3) is 0.535. The third-order valence-corrected chi connectivity index (χ3v) is 29.9. The monoisotopic (exact) mass is 1900 g/mol. The van der Waals surface area contributed by atoms with E-state index in [1.54, 1.807) is 0 Å². The third kappa shape index (κ3) is 33.0. The molecular formula is C129H193N11. The number of benzene rings is 10. The molecule has 140 heavy (non-hydrogen) atoms. The van der Waals surface area contributed by atoms with Crippen molar-refractivity contribution in [3.63, 3.8) is 0 Å². The van der Waals surface area contributed by atoms with E-state index in [9.17, 15) is 0 Å². The van der Waals surface area contributed by atoms with Gasteiger partial charge in [0.25, 0.3) is 0 Å². The van der Waals surface area contributed by atoms with Gasteiger partial charge in [0.2, 0.25) is 0 Å². The van der Waals surface area contributed by atoms with Crippen LogP contribution in [0, 0.1) is 42.4 Å². The summed E-state index contributed by atoms with van der Waals surface area (Å²) in [5.74, 6) is 4.33. The van der Waals surface area contributed by atoms with Gasteiger partial charge in [-0.25, -0.2) is 0 Å². The Kier molecular flexibility index (Phi) is 47.0. The average molecular weight is 1900 g/mol. The van der Waals surface area contributed by atoms with Crippen LogP contribution in [-0.2, 0) is 0 Å². The average Bonchev–Trinajstić information content (AvgIpc) is 0.784. The highest BCUT2D eigenvalue weighted by Crippen LogP contribution is 2.46. The van der Waals surface area contributed by atoms with Crippen molar-refractivity contribution in [1.82, 2.24) is 0 Å². The summed E-state index contributed by atoms with van der Waals surface area (Å²) in [6.45, 7) is 74.1. The number of rotatable bonds is 59. The summed E-state index contributed by atoms with van der Waals surface area (Å²) < 4.78 is 0. The molecule has 0 aromatic heterocycles. The molecule has 11 nitrogen and oxygen atoms in total. The molecular weight excluding hydrogens is 1700 g/mol. The Morgan fingerprint density at radius 3 is 0.371 bits per heavy atom. The van der Waals surface area contributed by atoms with E-state index in [4.69, 9.17) is 0 Å². The molecule has 0 amide bonds. The van der Waals surface area contributed by atoms with Crippen molar-refractivity contribution >= 4 is 108 Å². The Balaban J connectivity index is 0.000000313. The fourth-order valence-corrected chi connectivity index (χ4v) is 20.1. The molecule has 0 bridgehead atoms. The van der Waals surface area contributed by atoms with Crippen LogP contribution in [0.5, 0.6) is 0 Å². The van der Waals surface area contributed by atoms with E-state index in [-0.39, 0.29) is 0 Å². The standard InChI is InChI=1S/C67H101N5.C62H92N6/c1-52(2)20-14-46-68(47-15-21-53(3)4)59-30-36-63(37-31-59)71(62-28-26-58(13)27-29-62)66-42-44-67(45-43-66)72(64-38-32-60(33-39-64)69(48-16-22-54(5)6)49-17-23-55(7)8)65-40-34-61(35-41-65)70(50-18-24-56(9)10)51-19-25-57(11)12;1-17-45(9)63(46(10)18-2)53-25-33-57(34-26-53)67(58-35-27-54(28-36-58)64(47(11)19-3)48(12)20-4)61-41-43-62(44-42-61)68(59-37-29-55(30-38-59)65(49(13)21-5)50(14)22-6)60-39-31-56(32-40-60)66(51(15)23-7)52(16)24-8/h26-45,52-57H,14-25,46-51H2,1-13H3;25-52H,17-24H2,1-16H3. The maximum absolute atomic E-state index is 2.64. The first-order valence-electron chi connectivity index (χ1n) is 55.8. The lowest BCUT2D eigenvalue weighted by Crippen LogP contribution is -2.39. The molecule has 0 heterocycles. The summed E-state index contributed by atoms with van der Waals surface area (Å²) >= 11 is 0. The van der Waals surface area contributed by atoms with E-state index in [0.29, 0.717) is 48.3 Å². The summed E-state index contributed by atoms with van der Waals surface area (Å²) in [5, 5.41) is 0. The Labute approximate surface area is 856 Å². The maximum Gasteiger partial charge on any atom is 0.0463 e. The Hall–Kier alpha value is -10.0. The summed E-state index contributed by atoms with van der Waals surface area (Å²) in [5.41, 5.74) is 24.1. The molecule has 0 spiro atoms. The second-order valence-corrected chi connectivity index (χ2v) is 43.7. The molecule has 0 saturated heterocycles. The highest BCUT2D eigenvalue weighted by molar-refractivity contribution is 5.85. The molecule has 0 fully saturated rings. The quantitative estimate of drug-likeness (QED) is 0.0366. The number of hydrogen-bond acceptors (Lipinski definition) is 11. The van der Waals surface area contributed by atoms with Crippen molar-refractivity contribution in [3.05, 3.63) is 248 Å². The predicted octanol–water partition coefficient (Wildman–Crippen LogP) is 38.2. The van der Waals surface area contributed by atoms with Crippen molar-refractivity contribution in [2.75, 3.05) is 93.2 Å². The van der Waals surface area contributed by atoms with Gasteiger partial charge in [0.15, 0.2) is 0 Å². The first kappa shape index (κ1) is 114. The number of aryl methyl sites for hydroxylation is 1. The maximum atomic E-state index is 2.64. The molecule has 0 aliphatic heterocycles. The molecule has 764 valence electrons. The van der Waals surface area contributed by atoms with Crippen LogP contribution in [-0.4, -0.2) is 87.6 Å². The fourth-order valence-electron chi connectivity index (χ4n) is 20.1. The van der Waals surface area contributed by atoms with Gasteiger partial charge in [-0.1, -0.05) is 156 Å². The zero-order valence-electron chi connectivity index (χ0n) is 93.5. The van der Waals surface area contributed by atoms with E-state index >= 15 is 0 Å². The molecule has 0 aliphatic carbocycles. The second-order valence-electron chi connectivity index (χ2n) is 43.7. The highest BCUT2D eigenvalue weighted by Gasteiger charge is 2.28. The second kappa shape index (κ2) is 57.9. The summed E-state index contributed by atoms with van der Waals surface area (Å²) in [6, 6.07) is 96.7. The smallest absolute Gasteiger partial charge is 0.0463 e. The van der Waals surface area contributed by atoms with Crippen LogP contribution < -0.4 is 53.9 Å². The lowest BCUT2D eigenvalue weighted by atomic mass is 10.1. The molecule has 10 aromatic rings. The lowest BCUT2D eigenvalue weighted by Gasteiger charge is -2.37. The van der Waals surface area contributed by atoms with E-state index in [0.717, 1.165) is 177 Å². The Morgan fingerprint density at radius 1 is 0.150 bits per heavy atom. The Bertz CT molecular complexity index is 4560. The van der Waals surface area contributed by atoms with E-state index in [1.807, 2.05) is 0 Å². The minimum atomic E-state index is 0.457. The van der Waals surface area contributed by atoms with Crippen LogP contribution in [0.1, 0.15) is 328 Å². The molecule has 11 heteroatoms. The molecule has 0 N–H and O–H groups in total. The summed E-state index contributed by atoms with van der Waals surface area (Å²) in [7, 11) is 0. The van der Waals surface area contributed by atoms with Crippen molar-refractivity contribution in [3.8, 4) is 0 Å². The van der Waals surface area contributed by atoms with Gasteiger partial charge < -0.3 is 53.9 Å². The zero-order chi connectivity index (χ0) is 102. The van der Waals surface area contributed by atoms with Crippen LogP contribution >= 0.6 is 0 Å². The molecule has 0 radical (unpaired) electrons. The van der Waals surface area contributed by atoms with Gasteiger partial charge in [-0.15, -0.1) is 0 Å². The van der Waals surface area contributed by atoms with Crippen LogP contribution in [0.3, 0.4) is 0 Å². The van der Waals surface area contributed by atoms with Crippen LogP contribution in [0.2, 0.25) is 0 Å². The zero-order valence-corrected chi connectivity index (χ0v) is 93.5. The van der Waals surface area contributed by atoms with Gasteiger partial charge in [-0.05, 0) is 457 Å². The topological polar surface area (TPSA) is 35.6 Å². The lowest BCUT2D eigenvalue weighted by molar-refractivity contribution is 0.525. The molecule has 10 aromatic carbocycles. The van der Waals surface area contributed by atoms with Gasteiger partial charge in [0.1, 0.15) is 0 Å². The largest absolute Gasteiger partial charge is 0.372 e. The van der Waals surface area contributed by atoms with Crippen molar-refractivity contribution in [2.24, 2.45) is 35.5 Å². The summed E-state index contributed by atoms with van der Waals surface area (Å²) in [4.78, 5) is 28.0. The van der Waals surface area contributed by atoms with Gasteiger partial charge in [-0.3, -0.25) is 0 Å². The van der Waals surface area contributed by atoms with Crippen LogP contribution in [0.25, 0.3) is 0 Å². The van der Waals surface area contributed by atoms with E-state index in [2.05, 4.69) is 497 Å². The minimum absolute atomic E-state index is 0.457. The van der Waals surface area contributed by atoms with Gasteiger partial charge >= 0.3 is 0 Å². The number of hydrogen-bond donors (Lipinski definition) is 0. The summed E-state index contributed by atoms with van der Waals surface area (Å²) in [6.07, 6.45) is 23.7. The Morgan fingerprint density at radius 2 is 0.257 bits per heavy atom. The van der Waals surface area contributed by atoms with Crippen molar-refractivity contribution in [1.29, 1.82) is 0 Å². The SMILES string of the molecule is CCC(C)N(c1ccc(N(c2ccc(N(c3ccc(N(C(C)CC)C(C)CC)cc3)c3ccc(N(C(C)CC)C(C)CC)cc3)cc2)c2ccc(N(C(C)CC)C(C)CC)cc2)cc1)C(C)CC.Cc1ccc(N(c2ccc(N(CCCC(C)C)CCCC(C)C)cc2)c2ccc(N(c3ccc(N(CCCC(C)C)CCCC(C)C)cc3)c3ccc(N(CCCC(C)C)CCCC(C)C)cc3)cc2)cc1. The van der Waals surface area contributed by atoms with Crippen LogP contribution in [0.15, 0.2) is 243 Å². The molecule has 8 unspecified atom stereocenters. The van der Waals surface area contributed by atoms with E-state index < -0.39 is 0 Å². The van der Waals surface area contributed by atoms with Crippen molar-refractivity contribution in [2.45, 2.75) is 378 Å². The predicted molar refractivity (Wildman–Crippen MR) is 625 cm³/mol. The van der Waals surface area contributed by atoms with Crippen LogP contribution in [0.4, 0.5) is 108 Å². The normalized spacial score (nSPS) is 13.4. The molecule has 0 aliphatic rings. The first-order valence-corrected chi connectivity index (χ1v) is 55.8. The van der Waals surface area contributed by atoms with Gasteiger partial charge in [0, 0.05) is 196 Å². The number of anilines is 19.